The Morgan fingerprint density at radius 1 is 1.16 bits per heavy atom. The van der Waals surface area contributed by atoms with Gasteiger partial charge in [0.05, 0.1) is 6.04 Å². The predicted molar refractivity (Wildman–Crippen MR) is 110 cm³/mol. The number of carbonyl (C=O) groups excluding carboxylic acids is 1. The van der Waals surface area contributed by atoms with Crippen LogP contribution in [0.15, 0.2) is 30.3 Å². The van der Waals surface area contributed by atoms with Crippen LogP contribution in [0.2, 0.25) is 0 Å². The Morgan fingerprint density at radius 3 is 2.32 bits per heavy atom. The van der Waals surface area contributed by atoms with Gasteiger partial charge >= 0.3 is 0 Å². The van der Waals surface area contributed by atoms with Crippen molar-refractivity contribution in [2.75, 3.05) is 20.6 Å². The highest BCUT2D eigenvalue weighted by atomic mass is 35.5. The fraction of sp³-hybridized carbons (Fsp3) is 0.632. The third-order valence-corrected chi connectivity index (χ3v) is 4.98. The lowest BCUT2D eigenvalue weighted by molar-refractivity contribution is -0.122. The number of nitrogens with one attached hydrogen (secondary N) is 1. The molecular weight excluding hydrogens is 357 g/mol. The van der Waals surface area contributed by atoms with Crippen molar-refractivity contribution in [2.45, 2.75) is 50.6 Å². The lowest BCUT2D eigenvalue weighted by Crippen LogP contribution is -2.49. The highest BCUT2D eigenvalue weighted by Gasteiger charge is 2.26. The van der Waals surface area contributed by atoms with Crippen molar-refractivity contribution in [1.29, 1.82) is 0 Å². The summed E-state index contributed by atoms with van der Waals surface area (Å²) in [5, 5.41) is 3.08. The second-order valence-corrected chi connectivity index (χ2v) is 6.97. The molecule has 2 atom stereocenters. The van der Waals surface area contributed by atoms with Gasteiger partial charge in [0.1, 0.15) is 0 Å². The molecule has 2 unspecified atom stereocenters. The van der Waals surface area contributed by atoms with Crippen molar-refractivity contribution in [3.05, 3.63) is 35.9 Å². The molecular formula is C19H33Cl2N3O. The number of hydrogen-bond donors (Lipinski definition) is 2. The van der Waals surface area contributed by atoms with Crippen LogP contribution in [-0.2, 0) is 11.2 Å². The Kier molecular flexibility index (Phi) is 12.1. The average Bonchev–Trinajstić information content (AvgIpc) is 2.56. The minimum absolute atomic E-state index is 0. The summed E-state index contributed by atoms with van der Waals surface area (Å²) in [5.41, 5.74) is 7.17. The Hall–Kier alpha value is -0.810. The molecule has 4 nitrogen and oxygen atoms in total. The number of likely N-dealkylation sites (N-methyl/N-ethyl adjacent to an activating group) is 1. The smallest absolute Gasteiger partial charge is 0.237 e. The molecule has 0 aromatic heterocycles. The number of benzene rings is 1. The van der Waals surface area contributed by atoms with Crippen LogP contribution in [0.5, 0.6) is 0 Å². The summed E-state index contributed by atoms with van der Waals surface area (Å²) >= 11 is 0. The van der Waals surface area contributed by atoms with E-state index in [0.29, 0.717) is 24.9 Å². The lowest BCUT2D eigenvalue weighted by atomic mass is 9.83. The summed E-state index contributed by atoms with van der Waals surface area (Å²) in [7, 11) is 4.21. The number of amides is 1. The van der Waals surface area contributed by atoms with E-state index >= 15 is 0 Å². The molecule has 0 saturated heterocycles. The standard InChI is InChI=1S/C19H31N3O.2ClH/c1-22(2)18(16-11-7-4-8-12-16)14-21-19(23)17(20)13-15-9-5-3-6-10-15;;/h3,5-6,9-10,16-18H,4,7-8,11-14,20H2,1-2H3,(H,21,23);2*1H. The van der Waals surface area contributed by atoms with E-state index in [4.69, 9.17) is 5.73 Å². The van der Waals surface area contributed by atoms with Crippen LogP contribution in [0.25, 0.3) is 0 Å². The number of carbonyl (C=O) groups is 1. The number of rotatable bonds is 7. The molecule has 1 aliphatic carbocycles. The van der Waals surface area contributed by atoms with E-state index in [1.807, 2.05) is 30.3 Å². The van der Waals surface area contributed by atoms with Gasteiger partial charge in [-0.1, -0.05) is 49.6 Å². The Morgan fingerprint density at radius 2 is 1.76 bits per heavy atom. The minimum Gasteiger partial charge on any atom is -0.353 e. The van der Waals surface area contributed by atoms with Gasteiger partial charge in [-0.15, -0.1) is 24.8 Å². The Labute approximate surface area is 164 Å². The molecule has 0 heterocycles. The van der Waals surface area contributed by atoms with Crippen molar-refractivity contribution in [2.24, 2.45) is 11.7 Å². The zero-order valence-electron chi connectivity index (χ0n) is 15.3. The highest BCUT2D eigenvalue weighted by Crippen LogP contribution is 2.28. The Bertz CT molecular complexity index is 479. The van der Waals surface area contributed by atoms with Crippen LogP contribution in [0, 0.1) is 5.92 Å². The Balaban J connectivity index is 0.00000288. The van der Waals surface area contributed by atoms with Crippen LogP contribution >= 0.6 is 24.8 Å². The maximum atomic E-state index is 12.3. The quantitative estimate of drug-likeness (QED) is 0.753. The molecule has 2 rings (SSSR count). The van der Waals surface area contributed by atoms with Gasteiger partial charge in [-0.3, -0.25) is 4.79 Å². The molecule has 1 aliphatic rings. The van der Waals surface area contributed by atoms with Gasteiger partial charge in [-0.25, -0.2) is 0 Å². The molecule has 0 radical (unpaired) electrons. The lowest BCUT2D eigenvalue weighted by Gasteiger charge is -2.35. The van der Waals surface area contributed by atoms with Crippen molar-refractivity contribution in [1.82, 2.24) is 10.2 Å². The minimum atomic E-state index is -0.480. The van der Waals surface area contributed by atoms with Crippen molar-refractivity contribution in [3.63, 3.8) is 0 Å². The molecule has 1 aromatic carbocycles. The van der Waals surface area contributed by atoms with Crippen LogP contribution in [0.3, 0.4) is 0 Å². The van der Waals surface area contributed by atoms with Gasteiger partial charge in [-0.2, -0.15) is 0 Å². The van der Waals surface area contributed by atoms with Gasteiger partial charge < -0.3 is 16.0 Å². The first-order valence-electron chi connectivity index (χ1n) is 8.81. The summed E-state index contributed by atoms with van der Waals surface area (Å²) < 4.78 is 0. The monoisotopic (exact) mass is 389 g/mol. The summed E-state index contributed by atoms with van der Waals surface area (Å²) in [6.45, 7) is 0.693. The van der Waals surface area contributed by atoms with Crippen LogP contribution in [0.4, 0.5) is 0 Å². The van der Waals surface area contributed by atoms with Gasteiger partial charge in [-0.05, 0) is 44.8 Å². The molecule has 6 heteroatoms. The summed E-state index contributed by atoms with van der Waals surface area (Å²) in [6, 6.07) is 9.88. The zero-order valence-corrected chi connectivity index (χ0v) is 17.0. The third-order valence-electron chi connectivity index (χ3n) is 4.98. The van der Waals surface area contributed by atoms with Gasteiger partial charge in [0.15, 0.2) is 0 Å². The zero-order chi connectivity index (χ0) is 16.7. The first-order chi connectivity index (χ1) is 11.1. The van der Waals surface area contributed by atoms with Crippen LogP contribution in [0.1, 0.15) is 37.7 Å². The van der Waals surface area contributed by atoms with E-state index in [9.17, 15) is 4.79 Å². The maximum Gasteiger partial charge on any atom is 0.237 e. The molecule has 3 N–H and O–H groups in total. The fourth-order valence-corrected chi connectivity index (χ4v) is 3.59. The van der Waals surface area contributed by atoms with E-state index in [2.05, 4.69) is 24.3 Å². The van der Waals surface area contributed by atoms with E-state index in [1.54, 1.807) is 0 Å². The topological polar surface area (TPSA) is 58.4 Å². The van der Waals surface area contributed by atoms with E-state index < -0.39 is 6.04 Å². The molecule has 0 spiro atoms. The number of halogens is 2. The molecule has 1 amide bonds. The number of nitrogens with two attached hydrogens (primary N) is 1. The summed E-state index contributed by atoms with van der Waals surface area (Å²) in [4.78, 5) is 14.6. The van der Waals surface area contributed by atoms with Crippen molar-refractivity contribution >= 4 is 30.7 Å². The first-order valence-corrected chi connectivity index (χ1v) is 8.81. The van der Waals surface area contributed by atoms with Crippen LogP contribution < -0.4 is 11.1 Å². The van der Waals surface area contributed by atoms with Crippen molar-refractivity contribution in [3.8, 4) is 0 Å². The van der Waals surface area contributed by atoms with Crippen LogP contribution in [-0.4, -0.2) is 43.5 Å². The van der Waals surface area contributed by atoms with E-state index in [1.165, 1.54) is 32.1 Å². The van der Waals surface area contributed by atoms with Gasteiger partial charge in [0, 0.05) is 12.6 Å². The summed E-state index contributed by atoms with van der Waals surface area (Å²) in [5.74, 6) is 0.640. The highest BCUT2D eigenvalue weighted by molar-refractivity contribution is 5.85. The maximum absolute atomic E-state index is 12.3. The molecule has 25 heavy (non-hydrogen) atoms. The van der Waals surface area contributed by atoms with Gasteiger partial charge in [0.25, 0.3) is 0 Å². The summed E-state index contributed by atoms with van der Waals surface area (Å²) in [6.07, 6.45) is 7.12. The molecule has 1 saturated carbocycles. The van der Waals surface area contributed by atoms with Gasteiger partial charge in [0.2, 0.25) is 5.91 Å². The average molecular weight is 390 g/mol. The second-order valence-electron chi connectivity index (χ2n) is 6.97. The number of hydrogen-bond acceptors (Lipinski definition) is 3. The van der Waals surface area contributed by atoms with E-state index in [-0.39, 0.29) is 30.7 Å². The fourth-order valence-electron chi connectivity index (χ4n) is 3.59. The van der Waals surface area contributed by atoms with Crippen molar-refractivity contribution < 1.29 is 4.79 Å². The largest absolute Gasteiger partial charge is 0.353 e. The van der Waals surface area contributed by atoms with E-state index in [0.717, 1.165) is 5.56 Å². The SMILES string of the molecule is CN(C)C(CNC(=O)C(N)Cc1ccccc1)C1CCCCC1.Cl.Cl. The number of nitrogens with zero attached hydrogens (tertiary/aromatic N) is 1. The second kappa shape index (κ2) is 12.5. The third kappa shape index (κ3) is 7.95. The first kappa shape index (κ1) is 24.2. The predicted octanol–water partition coefficient (Wildman–Crippen LogP) is 3.03. The molecule has 0 bridgehead atoms. The normalized spacial score (nSPS) is 17.1. The molecule has 1 aromatic rings. The molecule has 144 valence electrons. The molecule has 1 fully saturated rings. The molecule has 0 aliphatic heterocycles.